The Morgan fingerprint density at radius 1 is 1.27 bits per heavy atom. The van der Waals surface area contributed by atoms with E-state index in [1.807, 2.05) is 0 Å². The van der Waals surface area contributed by atoms with Gasteiger partial charge in [-0.25, -0.2) is 0 Å². The molecule has 88 valence electrons. The van der Waals surface area contributed by atoms with Gasteiger partial charge in [-0.15, -0.1) is 0 Å². The number of hydrogen-bond acceptors (Lipinski definition) is 2. The van der Waals surface area contributed by atoms with Gasteiger partial charge in [0.15, 0.2) is 0 Å². The lowest BCUT2D eigenvalue weighted by atomic mass is 9.88. The average Bonchev–Trinajstić information content (AvgIpc) is 2.48. The maximum Gasteiger partial charge on any atom is 0.0119 e. The van der Waals surface area contributed by atoms with Crippen molar-refractivity contribution < 1.29 is 0 Å². The van der Waals surface area contributed by atoms with E-state index in [0.717, 1.165) is 23.8 Å². The summed E-state index contributed by atoms with van der Waals surface area (Å²) < 4.78 is 0. The van der Waals surface area contributed by atoms with Gasteiger partial charge in [-0.05, 0) is 50.2 Å². The maximum atomic E-state index is 3.38. The molecule has 0 saturated carbocycles. The molecule has 2 saturated heterocycles. The highest BCUT2D eigenvalue weighted by molar-refractivity contribution is 4.86. The summed E-state index contributed by atoms with van der Waals surface area (Å²) in [6.45, 7) is 12.4. The second-order valence-electron chi connectivity index (χ2n) is 5.84. The highest BCUT2D eigenvalue weighted by atomic mass is 15.2. The number of nitrogens with one attached hydrogen (secondary N) is 1. The molecule has 0 aromatic rings. The Balaban J connectivity index is 1.81. The van der Waals surface area contributed by atoms with E-state index in [1.165, 1.54) is 39.0 Å². The minimum atomic E-state index is 0.833. The largest absolute Gasteiger partial charge is 0.316 e. The zero-order chi connectivity index (χ0) is 10.8. The lowest BCUT2D eigenvalue weighted by Crippen LogP contribution is -2.49. The summed E-state index contributed by atoms with van der Waals surface area (Å²) in [7, 11) is 0. The van der Waals surface area contributed by atoms with Crippen molar-refractivity contribution in [3.8, 4) is 0 Å². The van der Waals surface area contributed by atoms with Crippen molar-refractivity contribution in [1.82, 2.24) is 10.2 Å². The first-order valence-corrected chi connectivity index (χ1v) is 6.63. The van der Waals surface area contributed by atoms with E-state index < -0.39 is 0 Å². The molecule has 0 spiro atoms. The third kappa shape index (κ3) is 2.54. The van der Waals surface area contributed by atoms with Crippen molar-refractivity contribution in [2.24, 2.45) is 17.8 Å². The maximum absolute atomic E-state index is 3.38. The summed E-state index contributed by atoms with van der Waals surface area (Å²) in [4.78, 5) is 2.74. The van der Waals surface area contributed by atoms with Gasteiger partial charge in [0.25, 0.3) is 0 Å². The Labute approximate surface area is 94.4 Å². The molecule has 2 atom stereocenters. The van der Waals surface area contributed by atoms with Gasteiger partial charge in [0.1, 0.15) is 0 Å². The molecular weight excluding hydrogens is 184 g/mol. The Hall–Kier alpha value is -0.0800. The molecule has 2 unspecified atom stereocenters. The van der Waals surface area contributed by atoms with Crippen LogP contribution in [0.15, 0.2) is 0 Å². The molecular formula is C13H26N2. The van der Waals surface area contributed by atoms with Gasteiger partial charge in [-0.3, -0.25) is 4.90 Å². The molecule has 1 N–H and O–H groups in total. The number of rotatable bonds is 4. The van der Waals surface area contributed by atoms with Crippen molar-refractivity contribution in [3.63, 3.8) is 0 Å². The van der Waals surface area contributed by atoms with Crippen LogP contribution in [0, 0.1) is 17.8 Å². The second kappa shape index (κ2) is 4.84. The van der Waals surface area contributed by atoms with Crippen molar-refractivity contribution in [3.05, 3.63) is 0 Å². The Bertz CT molecular complexity index is 199. The monoisotopic (exact) mass is 210 g/mol. The zero-order valence-electron chi connectivity index (χ0n) is 10.5. The van der Waals surface area contributed by atoms with Gasteiger partial charge < -0.3 is 5.32 Å². The van der Waals surface area contributed by atoms with Crippen LogP contribution in [-0.2, 0) is 0 Å². The Morgan fingerprint density at radius 3 is 2.53 bits per heavy atom. The van der Waals surface area contributed by atoms with Crippen LogP contribution >= 0.6 is 0 Å². The Kier molecular flexibility index (Phi) is 3.68. The molecule has 2 nitrogen and oxygen atoms in total. The van der Waals surface area contributed by atoms with Crippen LogP contribution in [0.2, 0.25) is 0 Å². The summed E-state index contributed by atoms with van der Waals surface area (Å²) in [6.07, 6.45) is 2.84. The van der Waals surface area contributed by atoms with Crippen LogP contribution in [0.5, 0.6) is 0 Å². The number of likely N-dealkylation sites (tertiary alicyclic amines) is 1. The van der Waals surface area contributed by atoms with Gasteiger partial charge >= 0.3 is 0 Å². The van der Waals surface area contributed by atoms with E-state index in [-0.39, 0.29) is 0 Å². The molecule has 2 rings (SSSR count). The highest BCUT2D eigenvalue weighted by Gasteiger charge is 2.31. The fourth-order valence-corrected chi connectivity index (χ4v) is 3.07. The van der Waals surface area contributed by atoms with Crippen molar-refractivity contribution in [2.45, 2.75) is 39.7 Å². The minimum Gasteiger partial charge on any atom is -0.316 e. The van der Waals surface area contributed by atoms with Gasteiger partial charge in [0.2, 0.25) is 0 Å². The van der Waals surface area contributed by atoms with E-state index in [2.05, 4.69) is 31.0 Å². The smallest absolute Gasteiger partial charge is 0.0119 e. The quantitative estimate of drug-likeness (QED) is 0.763. The number of hydrogen-bond donors (Lipinski definition) is 1. The van der Waals surface area contributed by atoms with E-state index >= 15 is 0 Å². The molecule has 0 aromatic carbocycles. The summed E-state index contributed by atoms with van der Waals surface area (Å²) in [5.74, 6) is 2.66. The molecule has 15 heavy (non-hydrogen) atoms. The third-order valence-corrected chi connectivity index (χ3v) is 4.32. The summed E-state index contributed by atoms with van der Waals surface area (Å²) in [5.41, 5.74) is 0. The SMILES string of the molecule is CC(C)C1CCCN1CC(C)C1CNC1. The highest BCUT2D eigenvalue weighted by Crippen LogP contribution is 2.26. The summed E-state index contributed by atoms with van der Waals surface area (Å²) in [5, 5.41) is 3.38. The van der Waals surface area contributed by atoms with Crippen LogP contribution in [-0.4, -0.2) is 37.1 Å². The first-order valence-electron chi connectivity index (χ1n) is 6.63. The van der Waals surface area contributed by atoms with Crippen molar-refractivity contribution in [2.75, 3.05) is 26.2 Å². The predicted octanol–water partition coefficient (Wildman–Crippen LogP) is 1.96. The lowest BCUT2D eigenvalue weighted by molar-refractivity contribution is 0.137. The fraction of sp³-hybridized carbons (Fsp3) is 1.00. The van der Waals surface area contributed by atoms with Gasteiger partial charge in [0, 0.05) is 12.6 Å². The van der Waals surface area contributed by atoms with E-state index in [4.69, 9.17) is 0 Å². The Morgan fingerprint density at radius 2 is 2.00 bits per heavy atom. The van der Waals surface area contributed by atoms with Gasteiger partial charge in [-0.1, -0.05) is 20.8 Å². The molecule has 2 heteroatoms. The summed E-state index contributed by atoms with van der Waals surface area (Å²) in [6, 6.07) is 0.862. The summed E-state index contributed by atoms with van der Waals surface area (Å²) >= 11 is 0. The molecule has 0 amide bonds. The fourth-order valence-electron chi connectivity index (χ4n) is 3.07. The molecule has 2 heterocycles. The molecule has 0 radical (unpaired) electrons. The first kappa shape index (κ1) is 11.4. The van der Waals surface area contributed by atoms with Crippen LogP contribution in [0.4, 0.5) is 0 Å². The van der Waals surface area contributed by atoms with Crippen molar-refractivity contribution >= 4 is 0 Å². The predicted molar refractivity (Wildman–Crippen MR) is 65.0 cm³/mol. The van der Waals surface area contributed by atoms with Crippen LogP contribution in [0.3, 0.4) is 0 Å². The van der Waals surface area contributed by atoms with Crippen molar-refractivity contribution in [1.29, 1.82) is 0 Å². The van der Waals surface area contributed by atoms with Crippen LogP contribution < -0.4 is 5.32 Å². The molecule has 2 aliphatic heterocycles. The zero-order valence-corrected chi connectivity index (χ0v) is 10.5. The average molecular weight is 210 g/mol. The molecule has 0 aliphatic carbocycles. The first-order chi connectivity index (χ1) is 7.18. The molecule has 0 bridgehead atoms. The number of nitrogens with zero attached hydrogens (tertiary/aromatic N) is 1. The van der Waals surface area contributed by atoms with E-state index in [1.54, 1.807) is 0 Å². The topological polar surface area (TPSA) is 15.3 Å². The molecule has 0 aromatic heterocycles. The lowest BCUT2D eigenvalue weighted by Gasteiger charge is -2.37. The molecule has 2 fully saturated rings. The van der Waals surface area contributed by atoms with Crippen LogP contribution in [0.25, 0.3) is 0 Å². The normalized spacial score (nSPS) is 30.8. The molecule has 2 aliphatic rings. The van der Waals surface area contributed by atoms with E-state index in [9.17, 15) is 0 Å². The third-order valence-electron chi connectivity index (χ3n) is 4.32. The second-order valence-corrected chi connectivity index (χ2v) is 5.84. The standard InChI is InChI=1S/C13H26N2/c1-10(2)13-5-4-6-15(13)9-11(3)12-7-14-8-12/h10-14H,4-9H2,1-3H3. The minimum absolute atomic E-state index is 0.833. The van der Waals surface area contributed by atoms with E-state index in [0.29, 0.717) is 0 Å². The van der Waals surface area contributed by atoms with Gasteiger partial charge in [-0.2, -0.15) is 0 Å². The van der Waals surface area contributed by atoms with Crippen LogP contribution in [0.1, 0.15) is 33.6 Å². The van der Waals surface area contributed by atoms with Gasteiger partial charge in [0.05, 0.1) is 0 Å².